The van der Waals surface area contributed by atoms with Crippen molar-refractivity contribution in [2.45, 2.75) is 58.8 Å². The van der Waals surface area contributed by atoms with Crippen LogP contribution in [0.2, 0.25) is 0 Å². The van der Waals surface area contributed by atoms with Crippen molar-refractivity contribution in [1.29, 1.82) is 0 Å². The normalized spacial score (nSPS) is 13.4. The van der Waals surface area contributed by atoms with Gasteiger partial charge in [-0.25, -0.2) is 0 Å². The van der Waals surface area contributed by atoms with E-state index in [-0.39, 0.29) is 10.3 Å². The second kappa shape index (κ2) is 4.09. The quantitative estimate of drug-likeness (QED) is 0.459. The number of allylic oxidation sites excluding steroid dienone is 1. The lowest BCUT2D eigenvalue weighted by Crippen LogP contribution is -2.27. The van der Waals surface area contributed by atoms with Gasteiger partial charge >= 0.3 is 0 Å². The van der Waals surface area contributed by atoms with Crippen LogP contribution in [0.15, 0.2) is 17.6 Å². The van der Waals surface area contributed by atoms with Gasteiger partial charge in [0, 0.05) is 16.1 Å². The summed E-state index contributed by atoms with van der Waals surface area (Å²) in [6, 6.07) is 0. The zero-order chi connectivity index (χ0) is 11.6. The van der Waals surface area contributed by atoms with Gasteiger partial charge in [-0.15, -0.1) is 5.73 Å². The molecule has 0 N–H and O–H groups in total. The molecule has 0 aromatic rings. The molecule has 0 heterocycles. The summed E-state index contributed by atoms with van der Waals surface area (Å²) in [6.07, 6.45) is 1.81. The van der Waals surface area contributed by atoms with Crippen molar-refractivity contribution in [3.05, 3.63) is 17.6 Å². The molecule has 0 amide bonds. The van der Waals surface area contributed by atoms with Gasteiger partial charge in [0.05, 0.1) is 0 Å². The third-order valence-electron chi connectivity index (χ3n) is 2.42. The van der Waals surface area contributed by atoms with E-state index in [0.717, 1.165) is 0 Å². The van der Waals surface area contributed by atoms with Crippen molar-refractivity contribution in [3.8, 4) is 0 Å². The Morgan fingerprint density at radius 2 is 1.36 bits per heavy atom. The van der Waals surface area contributed by atoms with Crippen molar-refractivity contribution in [2.24, 2.45) is 0 Å². The van der Waals surface area contributed by atoms with Crippen molar-refractivity contribution in [2.75, 3.05) is 0 Å². The van der Waals surface area contributed by atoms with Gasteiger partial charge in [0.25, 0.3) is 0 Å². The van der Waals surface area contributed by atoms with Gasteiger partial charge in [0.2, 0.25) is 0 Å². The number of hydrogen-bond donors (Lipinski definition) is 0. The Kier molecular flexibility index (Phi) is 4.02. The largest absolute Gasteiger partial charge is 0.318 e. The molecule has 0 bridgehead atoms. The first-order valence-corrected chi connectivity index (χ1v) is 6.82. The lowest BCUT2D eigenvalue weighted by Gasteiger charge is -2.38. The molecule has 0 saturated heterocycles. The summed E-state index contributed by atoms with van der Waals surface area (Å²) in [7, 11) is -2.37. The highest BCUT2D eigenvalue weighted by Gasteiger charge is 2.43. The Labute approximate surface area is 88.7 Å². The molecule has 1 nitrogen and oxygen atoms in total. The maximum absolute atomic E-state index is 12.9. The van der Waals surface area contributed by atoms with Gasteiger partial charge in [-0.3, -0.25) is 0 Å². The van der Waals surface area contributed by atoms with E-state index in [1.807, 2.05) is 54.5 Å². The molecule has 2 heteroatoms. The van der Waals surface area contributed by atoms with E-state index >= 15 is 0 Å². The summed E-state index contributed by atoms with van der Waals surface area (Å²) in [5.41, 5.74) is 2.99. The van der Waals surface area contributed by atoms with Crippen molar-refractivity contribution < 1.29 is 4.57 Å². The highest BCUT2D eigenvalue weighted by Crippen LogP contribution is 2.67. The summed E-state index contributed by atoms with van der Waals surface area (Å²) in [5.74, 6) is 1.78. The number of hydrogen-bond acceptors (Lipinski definition) is 1. The molecule has 0 aromatic heterocycles. The Balaban J connectivity index is 5.54. The Morgan fingerprint density at radius 3 is 1.57 bits per heavy atom. The average Bonchev–Trinajstić information content (AvgIpc) is 1.95. The molecular weight excluding hydrogens is 191 g/mol. The molecule has 0 radical (unpaired) electrons. The molecule has 0 unspecified atom stereocenters. The van der Waals surface area contributed by atoms with E-state index in [9.17, 15) is 4.57 Å². The minimum atomic E-state index is -2.37. The SMILES string of the molecule is CC=C=CP(=O)(C(C)(C)C)C(C)(C)C. The third kappa shape index (κ3) is 2.62. The van der Waals surface area contributed by atoms with Crippen molar-refractivity contribution in [1.82, 2.24) is 0 Å². The fourth-order valence-corrected chi connectivity index (χ4v) is 4.72. The fraction of sp³-hybridized carbons (Fsp3) is 0.750. The fourth-order valence-electron chi connectivity index (χ4n) is 1.57. The highest BCUT2D eigenvalue weighted by atomic mass is 31.2. The highest BCUT2D eigenvalue weighted by molar-refractivity contribution is 7.70. The first kappa shape index (κ1) is 13.8. The minimum absolute atomic E-state index is 0.193. The predicted molar refractivity (Wildman–Crippen MR) is 65.4 cm³/mol. The molecule has 0 aliphatic carbocycles. The topological polar surface area (TPSA) is 17.1 Å². The maximum atomic E-state index is 12.9. The first-order chi connectivity index (χ1) is 6.06. The molecule has 0 aromatic carbocycles. The van der Waals surface area contributed by atoms with E-state index in [0.29, 0.717) is 0 Å². The Morgan fingerprint density at radius 1 is 1.00 bits per heavy atom. The molecule has 0 aliphatic heterocycles. The van der Waals surface area contributed by atoms with Crippen LogP contribution in [0.4, 0.5) is 0 Å². The monoisotopic (exact) mass is 214 g/mol. The Hall–Kier alpha value is -0.250. The van der Waals surface area contributed by atoms with Crippen LogP contribution in [-0.4, -0.2) is 10.3 Å². The Bertz CT molecular complexity index is 275. The van der Waals surface area contributed by atoms with Gasteiger partial charge in [-0.2, -0.15) is 0 Å². The molecular formula is C12H23OP. The zero-order valence-electron chi connectivity index (χ0n) is 10.5. The first-order valence-electron chi connectivity index (χ1n) is 5.04. The van der Waals surface area contributed by atoms with Gasteiger partial charge in [-0.05, 0) is 13.0 Å². The van der Waals surface area contributed by atoms with Crippen LogP contribution in [0.25, 0.3) is 0 Å². The standard InChI is InChI=1S/C12H23OP/c1-8-9-10-14(13,11(2,3)4)12(5,6)7/h8,10H,1-7H3. The molecule has 0 aliphatic rings. The molecule has 0 saturated carbocycles. The minimum Gasteiger partial charge on any atom is -0.318 e. The van der Waals surface area contributed by atoms with Crippen LogP contribution in [0.1, 0.15) is 48.5 Å². The van der Waals surface area contributed by atoms with Crippen LogP contribution in [0.3, 0.4) is 0 Å². The lowest BCUT2D eigenvalue weighted by molar-refractivity contribution is 0.527. The van der Waals surface area contributed by atoms with Crippen molar-refractivity contribution >= 4 is 7.14 Å². The summed E-state index contributed by atoms with van der Waals surface area (Å²) in [6.45, 7) is 14.1. The summed E-state index contributed by atoms with van der Waals surface area (Å²) in [4.78, 5) is 0. The van der Waals surface area contributed by atoms with Crippen LogP contribution in [0.5, 0.6) is 0 Å². The van der Waals surface area contributed by atoms with Gasteiger partial charge in [0.15, 0.2) is 0 Å². The van der Waals surface area contributed by atoms with Crippen LogP contribution in [-0.2, 0) is 4.57 Å². The predicted octanol–water partition coefficient (Wildman–Crippen LogP) is 4.64. The molecule has 14 heavy (non-hydrogen) atoms. The maximum Gasteiger partial charge on any atom is 0.126 e. The van der Waals surface area contributed by atoms with Crippen LogP contribution in [0, 0.1) is 0 Å². The smallest absolute Gasteiger partial charge is 0.126 e. The molecule has 82 valence electrons. The van der Waals surface area contributed by atoms with E-state index in [1.54, 1.807) is 5.82 Å². The van der Waals surface area contributed by atoms with E-state index in [1.165, 1.54) is 0 Å². The zero-order valence-corrected chi connectivity index (χ0v) is 11.4. The second-order valence-corrected chi connectivity index (χ2v) is 9.84. The second-order valence-electron chi connectivity index (χ2n) is 5.58. The molecule has 0 rings (SSSR count). The average molecular weight is 214 g/mol. The van der Waals surface area contributed by atoms with Gasteiger partial charge < -0.3 is 4.57 Å². The van der Waals surface area contributed by atoms with E-state index in [2.05, 4.69) is 5.73 Å². The molecule has 0 fully saturated rings. The van der Waals surface area contributed by atoms with Crippen LogP contribution >= 0.6 is 7.14 Å². The van der Waals surface area contributed by atoms with Crippen molar-refractivity contribution in [3.63, 3.8) is 0 Å². The third-order valence-corrected chi connectivity index (χ3v) is 6.92. The van der Waals surface area contributed by atoms with E-state index < -0.39 is 7.14 Å². The van der Waals surface area contributed by atoms with Gasteiger partial charge in [-0.1, -0.05) is 41.5 Å². The summed E-state index contributed by atoms with van der Waals surface area (Å²) in [5, 5.41) is -0.386. The number of rotatable bonds is 1. The lowest BCUT2D eigenvalue weighted by atomic mass is 10.2. The van der Waals surface area contributed by atoms with Crippen LogP contribution < -0.4 is 0 Å². The molecule has 0 spiro atoms. The van der Waals surface area contributed by atoms with E-state index in [4.69, 9.17) is 0 Å². The van der Waals surface area contributed by atoms with Gasteiger partial charge in [0.1, 0.15) is 7.14 Å². The molecule has 0 atom stereocenters. The summed E-state index contributed by atoms with van der Waals surface area (Å²) < 4.78 is 12.9. The summed E-state index contributed by atoms with van der Waals surface area (Å²) >= 11 is 0.